The van der Waals surface area contributed by atoms with Crippen LogP contribution in [0.15, 0.2) is 30.5 Å². The summed E-state index contributed by atoms with van der Waals surface area (Å²) in [7, 11) is 2.04. The summed E-state index contributed by atoms with van der Waals surface area (Å²) in [6.45, 7) is 11.1. The van der Waals surface area contributed by atoms with Crippen molar-refractivity contribution in [2.75, 3.05) is 25.5 Å². The summed E-state index contributed by atoms with van der Waals surface area (Å²) in [5.74, 6) is -1.80. The number of aryl methyl sites for hydroxylation is 1. The normalized spacial score (nSPS) is 22.0. The van der Waals surface area contributed by atoms with Gasteiger partial charge in [0.1, 0.15) is 23.6 Å². The highest BCUT2D eigenvalue weighted by molar-refractivity contribution is 6.01. The third-order valence-electron chi connectivity index (χ3n) is 10.4. The average Bonchev–Trinajstić information content (AvgIpc) is 4.01. The molecule has 2 heterocycles. The molecule has 1 aliphatic heterocycles. The first-order valence-electron chi connectivity index (χ1n) is 17.2. The minimum absolute atomic E-state index is 0.00340. The van der Waals surface area contributed by atoms with E-state index >= 15 is 4.39 Å². The van der Waals surface area contributed by atoms with Crippen LogP contribution in [0.3, 0.4) is 0 Å². The second-order valence-corrected chi connectivity index (χ2v) is 13.8. The Balaban J connectivity index is 1.34. The van der Waals surface area contributed by atoms with Gasteiger partial charge in [-0.1, -0.05) is 19.9 Å². The molecule has 3 N–H and O–H groups in total. The molecule has 1 saturated heterocycles. The predicted molar refractivity (Wildman–Crippen MR) is 177 cm³/mol. The number of aromatic nitrogens is 2. The van der Waals surface area contributed by atoms with Crippen molar-refractivity contribution in [3.8, 4) is 0 Å². The molecule has 11 nitrogen and oxygen atoms in total. The molecule has 5 rings (SSSR count). The van der Waals surface area contributed by atoms with Crippen molar-refractivity contribution in [3.63, 3.8) is 0 Å². The number of benzene rings is 1. The zero-order chi connectivity index (χ0) is 34.0. The molecule has 12 heteroatoms. The van der Waals surface area contributed by atoms with Gasteiger partial charge < -0.3 is 20.9 Å². The van der Waals surface area contributed by atoms with Crippen molar-refractivity contribution in [2.24, 2.45) is 17.8 Å². The van der Waals surface area contributed by atoms with Crippen molar-refractivity contribution in [1.82, 2.24) is 30.2 Å². The Bertz CT molecular complexity index is 1450. The molecule has 2 saturated carbocycles. The van der Waals surface area contributed by atoms with E-state index in [1.54, 1.807) is 41.8 Å². The number of rotatable bonds is 13. The van der Waals surface area contributed by atoms with Gasteiger partial charge in [-0.3, -0.25) is 28.8 Å². The molecule has 2 aliphatic carbocycles. The van der Waals surface area contributed by atoms with Crippen LogP contribution in [0.5, 0.6) is 0 Å². The summed E-state index contributed by atoms with van der Waals surface area (Å²) in [4.78, 5) is 57.5. The molecule has 1 aromatic heterocycles. The third kappa shape index (κ3) is 7.85. The minimum atomic E-state index is -0.876. The number of hydrogen-bond acceptors (Lipinski definition) is 6. The van der Waals surface area contributed by atoms with Gasteiger partial charge in [0.15, 0.2) is 0 Å². The lowest BCUT2D eigenvalue weighted by atomic mass is 9.88. The Labute approximate surface area is 277 Å². The highest BCUT2D eigenvalue weighted by atomic mass is 19.1. The van der Waals surface area contributed by atoms with Crippen LogP contribution in [-0.2, 0) is 20.9 Å². The molecule has 4 amide bonds. The van der Waals surface area contributed by atoms with Gasteiger partial charge in [0.25, 0.3) is 5.91 Å². The van der Waals surface area contributed by atoms with Gasteiger partial charge in [0, 0.05) is 50.3 Å². The van der Waals surface area contributed by atoms with E-state index in [2.05, 4.69) is 39.8 Å². The van der Waals surface area contributed by atoms with Gasteiger partial charge in [-0.05, 0) is 95.0 Å². The first-order valence-corrected chi connectivity index (χ1v) is 17.2. The fourth-order valence-corrected chi connectivity index (χ4v) is 7.00. The summed E-state index contributed by atoms with van der Waals surface area (Å²) >= 11 is 0. The number of likely N-dealkylation sites (N-methyl/N-ethyl adjacent to an activating group) is 1. The Morgan fingerprint density at radius 1 is 0.957 bits per heavy atom. The number of nitrogens with zero attached hydrogens (tertiary/aromatic N) is 4. The molecule has 3 aliphatic rings. The Morgan fingerprint density at radius 2 is 1.60 bits per heavy atom. The van der Waals surface area contributed by atoms with Crippen LogP contribution in [0.2, 0.25) is 0 Å². The summed E-state index contributed by atoms with van der Waals surface area (Å²) in [6.07, 6.45) is 5.81. The number of carbonyl (C=O) groups excluding carboxylic acids is 4. The predicted octanol–water partition coefficient (Wildman–Crippen LogP) is 3.76. The van der Waals surface area contributed by atoms with E-state index in [4.69, 9.17) is 0 Å². The molecular formula is C35H50FN7O4. The highest BCUT2D eigenvalue weighted by Crippen LogP contribution is 2.51. The Kier molecular flexibility index (Phi) is 10.7. The van der Waals surface area contributed by atoms with Gasteiger partial charge in [0.05, 0.1) is 5.69 Å². The van der Waals surface area contributed by atoms with Crippen LogP contribution in [0.25, 0.3) is 0 Å². The number of carbonyl (C=O) groups is 4. The zero-order valence-corrected chi connectivity index (χ0v) is 28.5. The van der Waals surface area contributed by atoms with Crippen molar-refractivity contribution in [1.29, 1.82) is 0 Å². The third-order valence-corrected chi connectivity index (χ3v) is 10.4. The number of nitrogens with one attached hydrogen (secondary N) is 3. The molecule has 0 radical (unpaired) electrons. The van der Waals surface area contributed by atoms with Gasteiger partial charge >= 0.3 is 0 Å². The van der Waals surface area contributed by atoms with E-state index in [1.165, 1.54) is 12.1 Å². The minimum Gasteiger partial charge on any atom is -0.344 e. The number of halogens is 1. The maximum absolute atomic E-state index is 15.8. The SMILES string of the molecule is CCC(=O)N[C@@H](C(=O)N1C[C@@H](C)N(C)[C@@H](C)C1)[C@@H](C)c1ccc(NC(=O)[C@@H](NC(=O)c2ccnn2CC)C(C2CC2)C2CC2)c(F)c1. The lowest BCUT2D eigenvalue weighted by Gasteiger charge is -2.44. The van der Waals surface area contributed by atoms with E-state index < -0.39 is 29.7 Å². The van der Waals surface area contributed by atoms with Gasteiger partial charge in [0.2, 0.25) is 17.7 Å². The second kappa shape index (κ2) is 14.5. The number of hydrogen-bond donors (Lipinski definition) is 3. The summed E-state index contributed by atoms with van der Waals surface area (Å²) in [5, 5.41) is 12.8. The monoisotopic (exact) mass is 651 g/mol. The van der Waals surface area contributed by atoms with Crippen molar-refractivity contribution in [2.45, 2.75) is 103 Å². The largest absolute Gasteiger partial charge is 0.344 e. The molecule has 5 atom stereocenters. The molecule has 0 bridgehead atoms. The van der Waals surface area contributed by atoms with Gasteiger partial charge in [-0.25, -0.2) is 4.39 Å². The van der Waals surface area contributed by atoms with Gasteiger partial charge in [-0.15, -0.1) is 0 Å². The van der Waals surface area contributed by atoms with Crippen LogP contribution in [-0.4, -0.2) is 87.5 Å². The van der Waals surface area contributed by atoms with Crippen LogP contribution >= 0.6 is 0 Å². The summed E-state index contributed by atoms with van der Waals surface area (Å²) in [6, 6.07) is 4.74. The van der Waals surface area contributed by atoms with E-state index in [1.807, 2.05) is 14.0 Å². The molecule has 3 fully saturated rings. The maximum atomic E-state index is 15.8. The number of amides is 4. The lowest BCUT2D eigenvalue weighted by Crippen LogP contribution is -2.60. The molecular weight excluding hydrogens is 601 g/mol. The number of piperazine rings is 1. The van der Waals surface area contributed by atoms with E-state index in [0.717, 1.165) is 25.7 Å². The van der Waals surface area contributed by atoms with E-state index in [9.17, 15) is 19.2 Å². The van der Waals surface area contributed by atoms with Crippen molar-refractivity contribution < 1.29 is 23.6 Å². The van der Waals surface area contributed by atoms with E-state index in [0.29, 0.717) is 42.7 Å². The van der Waals surface area contributed by atoms with Gasteiger partial charge in [-0.2, -0.15) is 5.10 Å². The molecule has 47 heavy (non-hydrogen) atoms. The first-order chi connectivity index (χ1) is 22.4. The standard InChI is InChI=1S/C35H50FN7O4/c1-7-29(44)39-31(35(47)42-18-20(3)41(6)21(4)19-42)22(5)25-13-14-27(26(36)17-25)38-34(46)32(30(23-9-10-23)24-11-12-24)40-33(45)28-15-16-37-43(28)8-2/h13-17,20-24,30-32H,7-12,18-19H2,1-6H3,(H,38,46)(H,39,44)(H,40,45)/t20-,21+,22-,31+,32-/m0/s1. The van der Waals surface area contributed by atoms with E-state index in [-0.39, 0.29) is 47.8 Å². The van der Waals surface area contributed by atoms with Crippen molar-refractivity contribution in [3.05, 3.63) is 47.5 Å². The van der Waals surface area contributed by atoms with Crippen molar-refractivity contribution >= 4 is 29.3 Å². The maximum Gasteiger partial charge on any atom is 0.270 e. The Hall–Kier alpha value is -3.80. The first kappa shape index (κ1) is 34.5. The van der Waals surface area contributed by atoms with Crippen LogP contribution in [0.1, 0.15) is 88.7 Å². The number of anilines is 1. The molecule has 1 aromatic carbocycles. The zero-order valence-electron chi connectivity index (χ0n) is 28.5. The molecule has 0 unspecified atom stereocenters. The highest BCUT2D eigenvalue weighted by Gasteiger charge is 2.48. The lowest BCUT2D eigenvalue weighted by molar-refractivity contribution is -0.140. The Morgan fingerprint density at radius 3 is 2.15 bits per heavy atom. The second-order valence-electron chi connectivity index (χ2n) is 13.8. The summed E-state index contributed by atoms with van der Waals surface area (Å²) in [5.41, 5.74) is 0.897. The average molecular weight is 652 g/mol. The quantitative estimate of drug-likeness (QED) is 0.303. The van der Waals surface area contributed by atoms with Crippen LogP contribution in [0, 0.1) is 23.6 Å². The summed E-state index contributed by atoms with van der Waals surface area (Å²) < 4.78 is 17.3. The fourth-order valence-electron chi connectivity index (χ4n) is 7.00. The van der Waals surface area contributed by atoms with Crippen LogP contribution in [0.4, 0.5) is 10.1 Å². The smallest absolute Gasteiger partial charge is 0.270 e. The molecule has 2 aromatic rings. The topological polar surface area (TPSA) is 129 Å². The molecule has 256 valence electrons. The van der Waals surface area contributed by atoms with Crippen LogP contribution < -0.4 is 16.0 Å². The molecule has 0 spiro atoms. The fraction of sp³-hybridized carbons (Fsp3) is 0.629.